The highest BCUT2D eigenvalue weighted by molar-refractivity contribution is 5.91. The third-order valence-corrected chi connectivity index (χ3v) is 2.83. The molecule has 0 aliphatic carbocycles. The fourth-order valence-electron chi connectivity index (χ4n) is 1.90. The van der Waals surface area contributed by atoms with Crippen molar-refractivity contribution < 1.29 is 9.21 Å². The molecular weight excluding hydrogens is 230 g/mol. The van der Waals surface area contributed by atoms with E-state index in [1.54, 1.807) is 35.6 Å². The fourth-order valence-corrected chi connectivity index (χ4v) is 1.90. The van der Waals surface area contributed by atoms with Crippen LogP contribution >= 0.6 is 0 Å². The van der Waals surface area contributed by atoms with Gasteiger partial charge in [0.25, 0.3) is 0 Å². The zero-order chi connectivity index (χ0) is 12.4. The van der Waals surface area contributed by atoms with Gasteiger partial charge in [0.1, 0.15) is 12.1 Å². The Morgan fingerprint density at radius 2 is 2.39 bits per heavy atom. The van der Waals surface area contributed by atoms with E-state index >= 15 is 0 Å². The first kappa shape index (κ1) is 10.7. The van der Waals surface area contributed by atoms with Gasteiger partial charge in [-0.1, -0.05) is 0 Å². The maximum atomic E-state index is 12.0. The predicted octanol–water partition coefficient (Wildman–Crippen LogP) is 1.63. The number of carbonyl (C=O) groups excluding carboxylic acids is 1. The molecule has 0 bridgehead atoms. The van der Waals surface area contributed by atoms with E-state index in [4.69, 9.17) is 4.42 Å². The van der Waals surface area contributed by atoms with Gasteiger partial charge in [-0.2, -0.15) is 0 Å². The first-order chi connectivity index (χ1) is 8.83. The van der Waals surface area contributed by atoms with Crippen LogP contribution in [-0.4, -0.2) is 20.8 Å². The monoisotopic (exact) mass is 241 g/mol. The van der Waals surface area contributed by atoms with Crippen molar-refractivity contribution in [2.45, 2.75) is 13.1 Å². The Balaban J connectivity index is 1.69. The lowest BCUT2D eigenvalue weighted by molar-refractivity contribution is -0.126. The number of fused-ring (bicyclic) bond motifs is 1. The minimum Gasteiger partial charge on any atom is -0.465 e. The molecule has 5 heteroatoms. The van der Waals surface area contributed by atoms with E-state index in [1.807, 2.05) is 0 Å². The number of nitrogens with zero attached hydrogens (tertiary/aromatic N) is 3. The third kappa shape index (κ3) is 2.02. The lowest BCUT2D eigenvalue weighted by Gasteiger charge is -2.11. The molecule has 1 amide bonds. The summed E-state index contributed by atoms with van der Waals surface area (Å²) in [5.41, 5.74) is 1.93. The van der Waals surface area contributed by atoms with Crippen LogP contribution in [-0.2, 0) is 17.9 Å². The van der Waals surface area contributed by atoms with E-state index < -0.39 is 0 Å². The number of amides is 1. The van der Waals surface area contributed by atoms with Gasteiger partial charge >= 0.3 is 0 Å². The number of rotatable bonds is 2. The Bertz CT molecular complexity index is 565. The van der Waals surface area contributed by atoms with Gasteiger partial charge in [0, 0.05) is 24.4 Å². The molecule has 0 saturated heterocycles. The normalized spacial score (nSPS) is 14.1. The average molecular weight is 241 g/mol. The molecule has 18 heavy (non-hydrogen) atoms. The van der Waals surface area contributed by atoms with Crippen LogP contribution in [0.15, 0.2) is 41.4 Å². The largest absolute Gasteiger partial charge is 0.465 e. The summed E-state index contributed by atoms with van der Waals surface area (Å²) in [5.74, 6) is 0.615. The molecule has 90 valence electrons. The highest BCUT2D eigenvalue weighted by atomic mass is 16.3. The Labute approximate surface area is 104 Å². The van der Waals surface area contributed by atoms with Crippen LogP contribution in [0.5, 0.6) is 0 Å². The molecule has 2 aromatic heterocycles. The van der Waals surface area contributed by atoms with Crippen LogP contribution in [0.2, 0.25) is 0 Å². The molecule has 1 aliphatic rings. The second-order valence-electron chi connectivity index (χ2n) is 4.04. The van der Waals surface area contributed by atoms with Gasteiger partial charge in [0.05, 0.1) is 18.5 Å². The Morgan fingerprint density at radius 1 is 1.44 bits per heavy atom. The Kier molecular flexibility index (Phi) is 2.64. The summed E-state index contributed by atoms with van der Waals surface area (Å²) >= 11 is 0. The lowest BCUT2D eigenvalue weighted by atomic mass is 10.3. The molecule has 0 N–H and O–H groups in total. The van der Waals surface area contributed by atoms with Crippen molar-refractivity contribution in [3.05, 3.63) is 54.0 Å². The standard InChI is InChI=1S/C13H11N3O2/c17-13(4-3-11-2-1-5-18-11)16-7-10-6-14-9-15-12(10)8-16/h1-6,9H,7-8H2. The average Bonchev–Trinajstić information content (AvgIpc) is 3.04. The summed E-state index contributed by atoms with van der Waals surface area (Å²) in [7, 11) is 0. The fraction of sp³-hybridized carbons (Fsp3) is 0.154. The Morgan fingerprint density at radius 3 is 3.17 bits per heavy atom. The van der Waals surface area contributed by atoms with Crippen LogP contribution < -0.4 is 0 Å². The van der Waals surface area contributed by atoms with Gasteiger partial charge in [-0.05, 0) is 18.2 Å². The molecular formula is C13H11N3O2. The molecule has 0 unspecified atom stereocenters. The zero-order valence-electron chi connectivity index (χ0n) is 9.61. The number of furan rings is 1. The van der Waals surface area contributed by atoms with Gasteiger partial charge in [0.2, 0.25) is 5.91 Å². The first-order valence-electron chi connectivity index (χ1n) is 5.61. The molecule has 1 aliphatic heterocycles. The SMILES string of the molecule is O=C(C=Cc1ccco1)N1Cc2cncnc2C1. The highest BCUT2D eigenvalue weighted by Crippen LogP contribution is 2.19. The highest BCUT2D eigenvalue weighted by Gasteiger charge is 2.22. The summed E-state index contributed by atoms with van der Waals surface area (Å²) in [5, 5.41) is 0. The molecule has 0 radical (unpaired) electrons. The van der Waals surface area contributed by atoms with Crippen molar-refractivity contribution in [2.75, 3.05) is 0 Å². The van der Waals surface area contributed by atoms with Crippen LogP contribution in [0.3, 0.4) is 0 Å². The third-order valence-electron chi connectivity index (χ3n) is 2.83. The van der Waals surface area contributed by atoms with E-state index in [0.717, 1.165) is 11.3 Å². The van der Waals surface area contributed by atoms with Crippen molar-refractivity contribution in [2.24, 2.45) is 0 Å². The summed E-state index contributed by atoms with van der Waals surface area (Å²) in [4.78, 5) is 21.8. The van der Waals surface area contributed by atoms with Gasteiger partial charge in [-0.3, -0.25) is 4.79 Å². The zero-order valence-corrected chi connectivity index (χ0v) is 9.61. The minimum absolute atomic E-state index is 0.0515. The molecule has 2 aromatic rings. The number of hydrogen-bond acceptors (Lipinski definition) is 4. The summed E-state index contributed by atoms with van der Waals surface area (Å²) < 4.78 is 5.13. The van der Waals surface area contributed by atoms with Gasteiger partial charge in [-0.25, -0.2) is 9.97 Å². The van der Waals surface area contributed by atoms with Crippen LogP contribution in [0.1, 0.15) is 17.0 Å². The van der Waals surface area contributed by atoms with E-state index in [0.29, 0.717) is 18.8 Å². The topological polar surface area (TPSA) is 59.2 Å². The van der Waals surface area contributed by atoms with E-state index in [9.17, 15) is 4.79 Å². The molecule has 0 spiro atoms. The molecule has 3 heterocycles. The van der Waals surface area contributed by atoms with Crippen LogP contribution in [0.4, 0.5) is 0 Å². The van der Waals surface area contributed by atoms with Crippen LogP contribution in [0, 0.1) is 0 Å². The smallest absolute Gasteiger partial charge is 0.247 e. The summed E-state index contributed by atoms with van der Waals surface area (Å²) in [6.45, 7) is 1.11. The number of hydrogen-bond donors (Lipinski definition) is 0. The second kappa shape index (κ2) is 4.44. The maximum Gasteiger partial charge on any atom is 0.247 e. The number of aromatic nitrogens is 2. The van der Waals surface area contributed by atoms with Gasteiger partial charge in [-0.15, -0.1) is 0 Å². The Hall–Kier alpha value is -2.43. The molecule has 5 nitrogen and oxygen atoms in total. The summed E-state index contributed by atoms with van der Waals surface area (Å²) in [6.07, 6.45) is 8.01. The minimum atomic E-state index is -0.0515. The van der Waals surface area contributed by atoms with Crippen molar-refractivity contribution in [3.63, 3.8) is 0 Å². The molecule has 0 saturated carbocycles. The molecule has 0 fully saturated rings. The van der Waals surface area contributed by atoms with Gasteiger partial charge < -0.3 is 9.32 Å². The quantitative estimate of drug-likeness (QED) is 0.750. The summed E-state index contributed by atoms with van der Waals surface area (Å²) in [6, 6.07) is 3.58. The second-order valence-corrected chi connectivity index (χ2v) is 4.04. The first-order valence-corrected chi connectivity index (χ1v) is 5.61. The van der Waals surface area contributed by atoms with Crippen molar-refractivity contribution in [1.82, 2.24) is 14.9 Å². The molecule has 0 aromatic carbocycles. The number of carbonyl (C=O) groups is 1. The van der Waals surface area contributed by atoms with Gasteiger partial charge in [0.15, 0.2) is 0 Å². The molecule has 3 rings (SSSR count). The lowest BCUT2D eigenvalue weighted by Crippen LogP contribution is -2.23. The maximum absolute atomic E-state index is 12.0. The van der Waals surface area contributed by atoms with Crippen molar-refractivity contribution >= 4 is 12.0 Å². The van der Waals surface area contributed by atoms with E-state index in [1.165, 1.54) is 12.4 Å². The van der Waals surface area contributed by atoms with Crippen molar-refractivity contribution in [3.8, 4) is 0 Å². The van der Waals surface area contributed by atoms with Crippen molar-refractivity contribution in [1.29, 1.82) is 0 Å². The molecule has 0 atom stereocenters. The van der Waals surface area contributed by atoms with E-state index in [-0.39, 0.29) is 5.91 Å². The predicted molar refractivity (Wildman–Crippen MR) is 64.0 cm³/mol. The van der Waals surface area contributed by atoms with E-state index in [2.05, 4.69) is 9.97 Å². The van der Waals surface area contributed by atoms with Crippen LogP contribution in [0.25, 0.3) is 6.08 Å².